The summed E-state index contributed by atoms with van der Waals surface area (Å²) in [5, 5.41) is 6.03. The van der Waals surface area contributed by atoms with Crippen molar-refractivity contribution in [3.63, 3.8) is 0 Å². The zero-order chi connectivity index (χ0) is 16.5. The van der Waals surface area contributed by atoms with Gasteiger partial charge in [-0.2, -0.15) is 0 Å². The summed E-state index contributed by atoms with van der Waals surface area (Å²) >= 11 is 0. The first-order valence-corrected chi connectivity index (χ1v) is 9.17. The average molecular weight is 327 g/mol. The molecule has 0 spiro atoms. The molecule has 3 amide bonds. The number of para-hydroxylation sites is 1. The molecule has 0 bridgehead atoms. The van der Waals surface area contributed by atoms with E-state index in [2.05, 4.69) is 15.5 Å². The minimum atomic E-state index is 0.0304. The number of nitrogens with one attached hydrogen (secondary N) is 2. The van der Waals surface area contributed by atoms with E-state index in [9.17, 15) is 9.59 Å². The highest BCUT2D eigenvalue weighted by atomic mass is 16.2. The van der Waals surface area contributed by atoms with Crippen molar-refractivity contribution < 1.29 is 9.59 Å². The molecule has 0 aromatic heterocycles. The predicted octanol–water partition coefficient (Wildman–Crippen LogP) is 3.23. The number of urea groups is 1. The molecular formula is C19H25N3O2. The fraction of sp³-hybridized carbons (Fsp3) is 0.579. The van der Waals surface area contributed by atoms with Gasteiger partial charge in [-0.15, -0.1) is 0 Å². The van der Waals surface area contributed by atoms with Crippen molar-refractivity contribution >= 4 is 17.6 Å². The molecule has 4 rings (SSSR count). The normalized spacial score (nSPS) is 23.5. The van der Waals surface area contributed by atoms with E-state index < -0.39 is 0 Å². The summed E-state index contributed by atoms with van der Waals surface area (Å²) in [4.78, 5) is 26.8. The number of rotatable bonds is 4. The smallest absolute Gasteiger partial charge is 0.317 e. The Kier molecular flexibility index (Phi) is 4.17. The number of hydrogen-bond donors (Lipinski definition) is 2. The van der Waals surface area contributed by atoms with Crippen LogP contribution in [0.4, 0.5) is 10.5 Å². The lowest BCUT2D eigenvalue weighted by molar-refractivity contribution is -0.116. The lowest BCUT2D eigenvalue weighted by Crippen LogP contribution is -2.47. The Bertz CT molecular complexity index is 635. The van der Waals surface area contributed by atoms with Crippen LogP contribution in [0.1, 0.15) is 56.4 Å². The van der Waals surface area contributed by atoms with Gasteiger partial charge in [-0.25, -0.2) is 4.79 Å². The Morgan fingerprint density at radius 1 is 1.12 bits per heavy atom. The zero-order valence-corrected chi connectivity index (χ0v) is 14.0. The summed E-state index contributed by atoms with van der Waals surface area (Å²) in [6, 6.07) is 8.80. The van der Waals surface area contributed by atoms with Crippen LogP contribution >= 0.6 is 0 Å². The third-order valence-corrected chi connectivity index (χ3v) is 5.50. The number of carbonyl (C=O) groups excluding carboxylic acids is 2. The van der Waals surface area contributed by atoms with E-state index in [0.717, 1.165) is 36.9 Å². The SMILES string of the molecule is O=C1C[C@H](CNC(=O)N(C2CCCC2)C2CC2)c2ccccc2N1. The van der Waals surface area contributed by atoms with Crippen LogP contribution < -0.4 is 10.6 Å². The first-order chi connectivity index (χ1) is 11.7. The van der Waals surface area contributed by atoms with Crippen molar-refractivity contribution in [1.82, 2.24) is 10.2 Å². The van der Waals surface area contributed by atoms with Crippen LogP contribution in [0.25, 0.3) is 0 Å². The number of hydrogen-bond acceptors (Lipinski definition) is 2. The Morgan fingerprint density at radius 2 is 1.83 bits per heavy atom. The van der Waals surface area contributed by atoms with Crippen LogP contribution in [0, 0.1) is 0 Å². The molecule has 128 valence electrons. The predicted molar refractivity (Wildman–Crippen MR) is 92.9 cm³/mol. The summed E-state index contributed by atoms with van der Waals surface area (Å²) in [6.45, 7) is 0.527. The highest BCUT2D eigenvalue weighted by Crippen LogP contribution is 2.35. The van der Waals surface area contributed by atoms with Crippen molar-refractivity contribution in [1.29, 1.82) is 0 Å². The number of fused-ring (bicyclic) bond motifs is 1. The van der Waals surface area contributed by atoms with E-state index in [-0.39, 0.29) is 17.9 Å². The molecule has 0 radical (unpaired) electrons. The van der Waals surface area contributed by atoms with Gasteiger partial charge in [-0.1, -0.05) is 31.0 Å². The monoisotopic (exact) mass is 327 g/mol. The number of amides is 3. The van der Waals surface area contributed by atoms with Gasteiger partial charge in [0.2, 0.25) is 5.91 Å². The van der Waals surface area contributed by atoms with Gasteiger partial charge in [-0.3, -0.25) is 4.79 Å². The van der Waals surface area contributed by atoms with Gasteiger partial charge in [0.1, 0.15) is 0 Å². The molecule has 1 aromatic carbocycles. The fourth-order valence-corrected chi connectivity index (χ4v) is 4.15. The molecule has 5 heteroatoms. The van der Waals surface area contributed by atoms with E-state index in [4.69, 9.17) is 0 Å². The van der Waals surface area contributed by atoms with Crippen molar-refractivity contribution in [3.05, 3.63) is 29.8 Å². The second kappa shape index (κ2) is 6.46. The van der Waals surface area contributed by atoms with Gasteiger partial charge in [0, 0.05) is 36.7 Å². The summed E-state index contributed by atoms with van der Waals surface area (Å²) in [5.41, 5.74) is 2.00. The topological polar surface area (TPSA) is 61.4 Å². The molecular weight excluding hydrogens is 302 g/mol. The minimum Gasteiger partial charge on any atom is -0.337 e. The van der Waals surface area contributed by atoms with Gasteiger partial charge in [0.25, 0.3) is 0 Å². The van der Waals surface area contributed by atoms with E-state index >= 15 is 0 Å². The van der Waals surface area contributed by atoms with E-state index in [1.165, 1.54) is 12.8 Å². The van der Waals surface area contributed by atoms with Crippen LogP contribution in [0.3, 0.4) is 0 Å². The summed E-state index contributed by atoms with van der Waals surface area (Å²) in [6.07, 6.45) is 7.45. The van der Waals surface area contributed by atoms with Gasteiger partial charge in [0.15, 0.2) is 0 Å². The van der Waals surface area contributed by atoms with E-state index in [1.54, 1.807) is 0 Å². The molecule has 1 heterocycles. The molecule has 2 N–H and O–H groups in total. The maximum absolute atomic E-state index is 12.8. The molecule has 0 unspecified atom stereocenters. The lowest BCUT2D eigenvalue weighted by Gasteiger charge is -2.31. The Balaban J connectivity index is 1.42. The van der Waals surface area contributed by atoms with Gasteiger partial charge in [-0.05, 0) is 37.3 Å². The standard InChI is InChI=1S/C19H25N3O2/c23-18-11-13(16-7-3-4-8-17(16)21-18)12-20-19(24)22(15-9-10-15)14-5-1-2-6-14/h3-4,7-8,13-15H,1-2,5-6,9-12H2,(H,20,24)(H,21,23)/t13-/m1/s1. The number of benzene rings is 1. The third-order valence-electron chi connectivity index (χ3n) is 5.50. The molecule has 2 fully saturated rings. The molecule has 3 aliphatic rings. The van der Waals surface area contributed by atoms with Crippen LogP contribution in [0.15, 0.2) is 24.3 Å². The largest absolute Gasteiger partial charge is 0.337 e. The molecule has 1 aromatic rings. The quantitative estimate of drug-likeness (QED) is 0.892. The van der Waals surface area contributed by atoms with Gasteiger partial charge in [0.05, 0.1) is 0 Å². The van der Waals surface area contributed by atoms with E-state index in [0.29, 0.717) is 25.0 Å². The van der Waals surface area contributed by atoms with Crippen LogP contribution in [-0.4, -0.2) is 35.5 Å². The fourth-order valence-electron chi connectivity index (χ4n) is 4.15. The molecule has 24 heavy (non-hydrogen) atoms. The first-order valence-electron chi connectivity index (χ1n) is 9.17. The summed E-state index contributed by atoms with van der Waals surface area (Å²) in [5.74, 6) is 0.0892. The van der Waals surface area contributed by atoms with Crippen molar-refractivity contribution in [2.45, 2.75) is 62.9 Å². The number of carbonyl (C=O) groups is 2. The van der Waals surface area contributed by atoms with Crippen LogP contribution in [0.5, 0.6) is 0 Å². The number of anilines is 1. The molecule has 2 aliphatic carbocycles. The van der Waals surface area contributed by atoms with Crippen molar-refractivity contribution in [2.24, 2.45) is 0 Å². The van der Waals surface area contributed by atoms with Crippen molar-refractivity contribution in [3.8, 4) is 0 Å². The Hall–Kier alpha value is -2.04. The molecule has 2 saturated carbocycles. The Morgan fingerprint density at radius 3 is 2.58 bits per heavy atom. The molecule has 0 saturated heterocycles. The third kappa shape index (κ3) is 3.12. The molecule has 1 aliphatic heterocycles. The summed E-state index contributed by atoms with van der Waals surface area (Å²) < 4.78 is 0. The minimum absolute atomic E-state index is 0.0304. The van der Waals surface area contributed by atoms with Gasteiger partial charge >= 0.3 is 6.03 Å². The maximum Gasteiger partial charge on any atom is 0.317 e. The highest BCUT2D eigenvalue weighted by molar-refractivity contribution is 5.94. The molecule has 5 nitrogen and oxygen atoms in total. The lowest BCUT2D eigenvalue weighted by atomic mass is 9.90. The van der Waals surface area contributed by atoms with Gasteiger partial charge < -0.3 is 15.5 Å². The van der Waals surface area contributed by atoms with Crippen molar-refractivity contribution in [2.75, 3.05) is 11.9 Å². The zero-order valence-electron chi connectivity index (χ0n) is 14.0. The average Bonchev–Trinajstić information content (AvgIpc) is 3.26. The van der Waals surface area contributed by atoms with Crippen LogP contribution in [0.2, 0.25) is 0 Å². The number of nitrogens with zero attached hydrogens (tertiary/aromatic N) is 1. The first kappa shape index (κ1) is 15.5. The second-order valence-corrected chi connectivity index (χ2v) is 7.30. The van der Waals surface area contributed by atoms with E-state index in [1.807, 2.05) is 24.3 Å². The highest BCUT2D eigenvalue weighted by Gasteiger charge is 2.38. The van der Waals surface area contributed by atoms with Crippen LogP contribution in [-0.2, 0) is 4.79 Å². The second-order valence-electron chi connectivity index (χ2n) is 7.30. The Labute approximate surface area is 142 Å². The molecule has 1 atom stereocenters. The summed E-state index contributed by atoms with van der Waals surface area (Å²) in [7, 11) is 0. The maximum atomic E-state index is 12.8.